The fraction of sp³-hybridized carbons (Fsp3) is 0.150. The highest BCUT2D eigenvalue weighted by Gasteiger charge is 2.24. The van der Waals surface area contributed by atoms with E-state index in [1.807, 2.05) is 55.5 Å². The van der Waals surface area contributed by atoms with E-state index >= 15 is 0 Å². The smallest absolute Gasteiger partial charge is 0.243 e. The molecule has 0 aliphatic carbocycles. The molecule has 0 unspecified atom stereocenters. The van der Waals surface area contributed by atoms with Crippen molar-refractivity contribution in [3.05, 3.63) is 71.5 Å². The summed E-state index contributed by atoms with van der Waals surface area (Å²) < 4.78 is 5.03. The first-order chi connectivity index (χ1) is 13.1. The van der Waals surface area contributed by atoms with Crippen molar-refractivity contribution in [1.82, 2.24) is 15.1 Å². The van der Waals surface area contributed by atoms with Gasteiger partial charge in [0.05, 0.1) is 11.0 Å². The van der Waals surface area contributed by atoms with Gasteiger partial charge in [0.1, 0.15) is 11.0 Å². The zero-order valence-electron chi connectivity index (χ0n) is 14.9. The lowest BCUT2D eigenvalue weighted by molar-refractivity contribution is -0.115. The number of rotatable bonds is 5. The maximum atomic E-state index is 12.9. The van der Waals surface area contributed by atoms with E-state index < -0.39 is 5.25 Å². The number of amides is 1. The number of hydrogen-bond acceptors (Lipinski definition) is 5. The van der Waals surface area contributed by atoms with Crippen LogP contribution in [0.1, 0.15) is 22.1 Å². The van der Waals surface area contributed by atoms with Crippen molar-refractivity contribution < 1.29 is 9.32 Å². The molecule has 2 heterocycles. The Bertz CT molecular complexity index is 1090. The number of nitrogens with one attached hydrogen (secondary N) is 2. The van der Waals surface area contributed by atoms with Gasteiger partial charge in [-0.3, -0.25) is 4.79 Å². The highest BCUT2D eigenvalue weighted by atomic mass is 32.2. The summed E-state index contributed by atoms with van der Waals surface area (Å²) in [7, 11) is 0. The third-order valence-electron chi connectivity index (χ3n) is 4.06. The average Bonchev–Trinajstić information content (AvgIpc) is 3.25. The van der Waals surface area contributed by atoms with Crippen LogP contribution < -0.4 is 5.32 Å². The van der Waals surface area contributed by atoms with Gasteiger partial charge in [-0.25, -0.2) is 4.98 Å². The minimum absolute atomic E-state index is 0.184. The van der Waals surface area contributed by atoms with Crippen molar-refractivity contribution in [2.24, 2.45) is 0 Å². The number of anilines is 1. The molecular weight excluding hydrogens is 360 g/mol. The van der Waals surface area contributed by atoms with E-state index in [0.717, 1.165) is 22.2 Å². The summed E-state index contributed by atoms with van der Waals surface area (Å²) in [5.74, 6) is 0.859. The highest BCUT2D eigenvalue weighted by Crippen LogP contribution is 2.35. The Morgan fingerprint density at radius 1 is 1.15 bits per heavy atom. The lowest BCUT2D eigenvalue weighted by Gasteiger charge is -2.14. The lowest BCUT2D eigenvalue weighted by Crippen LogP contribution is -2.19. The molecule has 1 atom stereocenters. The second-order valence-corrected chi connectivity index (χ2v) is 7.38. The molecule has 4 rings (SSSR count). The second-order valence-electron chi connectivity index (χ2n) is 6.28. The number of aromatic nitrogens is 3. The maximum Gasteiger partial charge on any atom is 0.243 e. The molecule has 0 fully saturated rings. The number of fused-ring (bicyclic) bond motifs is 1. The molecule has 6 nitrogen and oxygen atoms in total. The third-order valence-corrected chi connectivity index (χ3v) is 5.20. The van der Waals surface area contributed by atoms with Crippen molar-refractivity contribution in [2.45, 2.75) is 24.3 Å². The van der Waals surface area contributed by atoms with Gasteiger partial charge >= 0.3 is 0 Å². The topological polar surface area (TPSA) is 83.8 Å². The van der Waals surface area contributed by atoms with Crippen LogP contribution in [0.5, 0.6) is 0 Å². The van der Waals surface area contributed by atoms with Crippen LogP contribution in [-0.2, 0) is 4.79 Å². The number of hydrogen-bond donors (Lipinski definition) is 2. The van der Waals surface area contributed by atoms with Crippen LogP contribution in [0, 0.1) is 13.8 Å². The normalized spacial score (nSPS) is 12.2. The molecule has 0 radical (unpaired) electrons. The predicted octanol–water partition coefficient (Wildman–Crippen LogP) is 4.64. The van der Waals surface area contributed by atoms with Crippen LogP contribution in [0.3, 0.4) is 0 Å². The Kier molecular flexibility index (Phi) is 4.68. The number of carbonyl (C=O) groups excluding carboxylic acids is 1. The Balaban J connectivity index is 1.63. The Labute approximate surface area is 160 Å². The van der Waals surface area contributed by atoms with E-state index in [2.05, 4.69) is 20.4 Å². The summed E-state index contributed by atoms with van der Waals surface area (Å²) in [5, 5.41) is 6.87. The number of thioether (sulfide) groups is 1. The van der Waals surface area contributed by atoms with Crippen molar-refractivity contribution in [2.75, 3.05) is 5.32 Å². The van der Waals surface area contributed by atoms with Crippen molar-refractivity contribution in [3.8, 4) is 0 Å². The van der Waals surface area contributed by atoms with Crippen LogP contribution in [0.2, 0.25) is 0 Å². The molecule has 0 bridgehead atoms. The van der Waals surface area contributed by atoms with Crippen molar-refractivity contribution >= 4 is 34.5 Å². The van der Waals surface area contributed by atoms with Gasteiger partial charge in [0.15, 0.2) is 11.0 Å². The first-order valence-corrected chi connectivity index (χ1v) is 9.38. The SMILES string of the molecule is Cc1ccc2nc(S[C@H](C(=O)Nc3cc(C)on3)c3ccccc3)[nH]c2c1. The number of aromatic amines is 1. The minimum atomic E-state index is -0.482. The average molecular weight is 378 g/mol. The Morgan fingerprint density at radius 2 is 1.96 bits per heavy atom. The summed E-state index contributed by atoms with van der Waals surface area (Å²) in [6.07, 6.45) is 0. The van der Waals surface area contributed by atoms with E-state index in [1.165, 1.54) is 11.8 Å². The minimum Gasteiger partial charge on any atom is -0.360 e. The van der Waals surface area contributed by atoms with Crippen molar-refractivity contribution in [3.63, 3.8) is 0 Å². The van der Waals surface area contributed by atoms with Crippen LogP contribution >= 0.6 is 11.8 Å². The molecule has 2 aromatic heterocycles. The zero-order valence-corrected chi connectivity index (χ0v) is 15.7. The van der Waals surface area contributed by atoms with Gasteiger partial charge in [-0.05, 0) is 37.1 Å². The number of aryl methyl sites for hydroxylation is 2. The third kappa shape index (κ3) is 3.88. The largest absolute Gasteiger partial charge is 0.360 e. The van der Waals surface area contributed by atoms with Gasteiger partial charge < -0.3 is 14.8 Å². The van der Waals surface area contributed by atoms with Gasteiger partial charge in [-0.1, -0.05) is 53.3 Å². The molecule has 0 aliphatic rings. The van der Waals surface area contributed by atoms with E-state index in [4.69, 9.17) is 4.52 Å². The van der Waals surface area contributed by atoms with E-state index in [0.29, 0.717) is 16.7 Å². The highest BCUT2D eigenvalue weighted by molar-refractivity contribution is 8.00. The van der Waals surface area contributed by atoms with Crippen LogP contribution in [-0.4, -0.2) is 21.0 Å². The molecule has 0 aliphatic heterocycles. The van der Waals surface area contributed by atoms with Gasteiger partial charge in [-0.2, -0.15) is 0 Å². The molecule has 2 N–H and O–H groups in total. The van der Waals surface area contributed by atoms with Crippen LogP contribution in [0.4, 0.5) is 5.82 Å². The Hall–Kier alpha value is -3.06. The second kappa shape index (κ2) is 7.28. The molecule has 4 aromatic rings. The van der Waals surface area contributed by atoms with Gasteiger partial charge in [0.25, 0.3) is 0 Å². The zero-order chi connectivity index (χ0) is 18.8. The number of imidazole rings is 1. The molecule has 136 valence electrons. The van der Waals surface area contributed by atoms with E-state index in [-0.39, 0.29) is 5.91 Å². The number of carbonyl (C=O) groups is 1. The molecule has 27 heavy (non-hydrogen) atoms. The number of nitrogens with zero attached hydrogens (tertiary/aromatic N) is 2. The molecular formula is C20H18N4O2S. The van der Waals surface area contributed by atoms with Gasteiger partial charge in [0.2, 0.25) is 5.91 Å². The molecule has 2 aromatic carbocycles. The van der Waals surface area contributed by atoms with Crippen LogP contribution in [0.25, 0.3) is 11.0 Å². The summed E-state index contributed by atoms with van der Waals surface area (Å²) in [5.41, 5.74) is 3.87. The monoisotopic (exact) mass is 378 g/mol. The summed E-state index contributed by atoms with van der Waals surface area (Å²) in [4.78, 5) is 20.8. The molecule has 1 amide bonds. The lowest BCUT2D eigenvalue weighted by atomic mass is 10.1. The summed E-state index contributed by atoms with van der Waals surface area (Å²) in [6, 6.07) is 17.3. The summed E-state index contributed by atoms with van der Waals surface area (Å²) in [6.45, 7) is 3.82. The predicted molar refractivity (Wildman–Crippen MR) is 106 cm³/mol. The Morgan fingerprint density at radius 3 is 2.70 bits per heavy atom. The molecule has 7 heteroatoms. The fourth-order valence-corrected chi connectivity index (χ4v) is 3.79. The number of H-pyrrole nitrogens is 1. The maximum absolute atomic E-state index is 12.9. The van der Waals surface area contributed by atoms with E-state index in [9.17, 15) is 4.79 Å². The first kappa shape index (κ1) is 17.4. The first-order valence-electron chi connectivity index (χ1n) is 8.50. The summed E-state index contributed by atoms with van der Waals surface area (Å²) >= 11 is 1.37. The van der Waals surface area contributed by atoms with Crippen molar-refractivity contribution in [1.29, 1.82) is 0 Å². The van der Waals surface area contributed by atoms with Crippen LogP contribution in [0.15, 0.2) is 64.3 Å². The molecule has 0 saturated carbocycles. The quantitative estimate of drug-likeness (QED) is 0.494. The molecule has 0 spiro atoms. The van der Waals surface area contributed by atoms with E-state index in [1.54, 1.807) is 13.0 Å². The molecule has 0 saturated heterocycles. The number of benzene rings is 2. The standard InChI is InChI=1S/C20H18N4O2S/c1-12-8-9-15-16(10-12)22-20(21-15)27-18(14-6-4-3-5-7-14)19(25)23-17-11-13(2)26-24-17/h3-11,18H,1-2H3,(H,21,22)(H,23,24,25)/t18-/m0/s1. The van der Waals surface area contributed by atoms with Gasteiger partial charge in [-0.15, -0.1) is 0 Å². The fourth-order valence-electron chi connectivity index (χ4n) is 2.79. The van der Waals surface area contributed by atoms with Gasteiger partial charge in [0, 0.05) is 6.07 Å².